The number of ether oxygens (including phenoxy) is 1. The normalized spacial score (nSPS) is 11.5. The fourth-order valence-corrected chi connectivity index (χ4v) is 3.99. The highest BCUT2D eigenvalue weighted by atomic mass is 35.5. The molecule has 0 radical (unpaired) electrons. The summed E-state index contributed by atoms with van der Waals surface area (Å²) in [5.74, 6) is -1.22. The van der Waals surface area contributed by atoms with Crippen LogP contribution in [-0.4, -0.2) is 21.8 Å². The number of aryl methyl sites for hydroxylation is 2. The standard InChI is InChI=1S/C24H17ClF3N3O3/c1-13-6-7-18(30-22(32)14-4-3-5-16(10-14)34-24(26,27)28)21(25)20(13)17-11-15-12-29-9-8-19(15)31(2)23(17)33/h3-12H,1-2H3,(H,30,32). The first-order chi connectivity index (χ1) is 16.0. The number of benzene rings is 2. The van der Waals surface area contributed by atoms with Crippen molar-refractivity contribution < 1.29 is 22.7 Å². The lowest BCUT2D eigenvalue weighted by molar-refractivity contribution is -0.274. The van der Waals surface area contributed by atoms with E-state index in [-0.39, 0.29) is 21.8 Å². The van der Waals surface area contributed by atoms with Gasteiger partial charge in [0.05, 0.1) is 16.2 Å². The summed E-state index contributed by atoms with van der Waals surface area (Å²) in [6.45, 7) is 1.78. The Morgan fingerprint density at radius 2 is 1.91 bits per heavy atom. The van der Waals surface area contributed by atoms with Gasteiger partial charge in [-0.05, 0) is 48.9 Å². The van der Waals surface area contributed by atoms with Gasteiger partial charge in [-0.1, -0.05) is 23.7 Å². The monoisotopic (exact) mass is 487 g/mol. The molecule has 2 heterocycles. The lowest BCUT2D eigenvalue weighted by Crippen LogP contribution is -2.20. The van der Waals surface area contributed by atoms with Crippen molar-refractivity contribution in [2.75, 3.05) is 5.32 Å². The highest BCUT2D eigenvalue weighted by Crippen LogP contribution is 2.36. The van der Waals surface area contributed by atoms with Crippen LogP contribution >= 0.6 is 11.6 Å². The lowest BCUT2D eigenvalue weighted by Gasteiger charge is -2.16. The number of hydrogen-bond acceptors (Lipinski definition) is 4. The summed E-state index contributed by atoms with van der Waals surface area (Å²) >= 11 is 6.62. The summed E-state index contributed by atoms with van der Waals surface area (Å²) in [5.41, 5.74) is 1.99. The minimum atomic E-state index is -4.88. The van der Waals surface area contributed by atoms with E-state index < -0.39 is 18.0 Å². The van der Waals surface area contributed by atoms with Gasteiger partial charge in [0.1, 0.15) is 5.75 Å². The molecular weight excluding hydrogens is 471 g/mol. The molecule has 10 heteroatoms. The van der Waals surface area contributed by atoms with Crippen molar-refractivity contribution in [3.8, 4) is 16.9 Å². The third-order valence-electron chi connectivity index (χ3n) is 5.22. The van der Waals surface area contributed by atoms with Crippen LogP contribution in [0.4, 0.5) is 18.9 Å². The summed E-state index contributed by atoms with van der Waals surface area (Å²) in [6.07, 6.45) is -1.67. The minimum absolute atomic E-state index is 0.0624. The molecule has 0 fully saturated rings. The summed E-state index contributed by atoms with van der Waals surface area (Å²) in [7, 11) is 1.64. The molecule has 4 rings (SSSR count). The summed E-state index contributed by atoms with van der Waals surface area (Å²) in [5, 5.41) is 3.45. The molecule has 1 amide bonds. The molecule has 0 bridgehead atoms. The zero-order valence-corrected chi connectivity index (χ0v) is 18.7. The van der Waals surface area contributed by atoms with Gasteiger partial charge in [0.15, 0.2) is 0 Å². The van der Waals surface area contributed by atoms with Crippen LogP contribution in [0.1, 0.15) is 15.9 Å². The van der Waals surface area contributed by atoms with Crippen LogP contribution in [-0.2, 0) is 7.05 Å². The third-order valence-corrected chi connectivity index (χ3v) is 5.61. The second kappa shape index (κ2) is 8.83. The zero-order valence-electron chi connectivity index (χ0n) is 17.9. The number of alkyl halides is 3. The number of anilines is 1. The molecule has 1 N–H and O–H groups in total. The quantitative estimate of drug-likeness (QED) is 0.400. The Balaban J connectivity index is 1.73. The van der Waals surface area contributed by atoms with E-state index in [0.29, 0.717) is 22.2 Å². The first kappa shape index (κ1) is 23.3. The van der Waals surface area contributed by atoms with Crippen LogP contribution in [0.25, 0.3) is 22.0 Å². The minimum Gasteiger partial charge on any atom is -0.406 e. The first-order valence-electron chi connectivity index (χ1n) is 9.95. The summed E-state index contributed by atoms with van der Waals surface area (Å²) in [6, 6.07) is 11.3. The molecule has 0 saturated heterocycles. The van der Waals surface area contributed by atoms with Crippen LogP contribution in [0.3, 0.4) is 0 Å². The zero-order chi connectivity index (χ0) is 24.6. The molecule has 2 aromatic carbocycles. The molecule has 34 heavy (non-hydrogen) atoms. The maximum absolute atomic E-state index is 13.1. The Hall–Kier alpha value is -3.85. The van der Waals surface area contributed by atoms with E-state index in [1.807, 2.05) is 0 Å². The number of nitrogens with one attached hydrogen (secondary N) is 1. The molecule has 6 nitrogen and oxygen atoms in total. The maximum atomic E-state index is 13.1. The lowest BCUT2D eigenvalue weighted by atomic mass is 9.99. The predicted octanol–water partition coefficient (Wildman–Crippen LogP) is 5.71. The third kappa shape index (κ3) is 4.60. The molecule has 174 valence electrons. The van der Waals surface area contributed by atoms with Gasteiger partial charge in [0.25, 0.3) is 11.5 Å². The van der Waals surface area contributed by atoms with Gasteiger partial charge in [0, 0.05) is 41.5 Å². The average molecular weight is 488 g/mol. The molecule has 0 aliphatic heterocycles. The fraction of sp³-hybridized carbons (Fsp3) is 0.125. The predicted molar refractivity (Wildman–Crippen MR) is 123 cm³/mol. The Morgan fingerprint density at radius 1 is 1.15 bits per heavy atom. The van der Waals surface area contributed by atoms with Gasteiger partial charge in [-0.3, -0.25) is 14.6 Å². The molecule has 2 aromatic heterocycles. The van der Waals surface area contributed by atoms with E-state index in [2.05, 4.69) is 15.0 Å². The van der Waals surface area contributed by atoms with Crippen molar-refractivity contribution in [1.82, 2.24) is 9.55 Å². The molecular formula is C24H17ClF3N3O3. The average Bonchev–Trinajstić information content (AvgIpc) is 2.78. The first-order valence-corrected chi connectivity index (χ1v) is 10.3. The number of amides is 1. The number of carbonyl (C=O) groups excluding carboxylic acids is 1. The van der Waals surface area contributed by atoms with Crippen LogP contribution < -0.4 is 15.6 Å². The van der Waals surface area contributed by atoms with Gasteiger partial charge in [-0.2, -0.15) is 0 Å². The number of halogens is 4. The van der Waals surface area contributed by atoms with Crippen LogP contribution in [0.2, 0.25) is 5.02 Å². The van der Waals surface area contributed by atoms with E-state index in [0.717, 1.165) is 17.5 Å². The Bertz CT molecular complexity index is 1480. The number of hydrogen-bond donors (Lipinski definition) is 1. The molecule has 0 spiro atoms. The van der Waals surface area contributed by atoms with Gasteiger partial charge in [0.2, 0.25) is 0 Å². The molecule has 4 aromatic rings. The number of pyridine rings is 2. The van der Waals surface area contributed by atoms with Crippen molar-refractivity contribution in [2.24, 2.45) is 7.05 Å². The highest BCUT2D eigenvalue weighted by molar-refractivity contribution is 6.37. The number of rotatable bonds is 4. The SMILES string of the molecule is Cc1ccc(NC(=O)c2cccc(OC(F)(F)F)c2)c(Cl)c1-c1cc2cnccc2n(C)c1=O. The van der Waals surface area contributed by atoms with Crippen molar-refractivity contribution in [1.29, 1.82) is 0 Å². The van der Waals surface area contributed by atoms with Crippen molar-refractivity contribution in [3.63, 3.8) is 0 Å². The van der Waals surface area contributed by atoms with E-state index in [1.165, 1.54) is 16.7 Å². The Kier molecular flexibility index (Phi) is 6.05. The van der Waals surface area contributed by atoms with Crippen LogP contribution in [0.15, 0.2) is 65.7 Å². The summed E-state index contributed by atoms with van der Waals surface area (Å²) in [4.78, 5) is 29.9. The molecule has 0 aliphatic rings. The smallest absolute Gasteiger partial charge is 0.406 e. The van der Waals surface area contributed by atoms with Crippen LogP contribution in [0.5, 0.6) is 5.75 Å². The van der Waals surface area contributed by atoms with Gasteiger partial charge in [-0.25, -0.2) is 0 Å². The Labute approximate surface area is 196 Å². The maximum Gasteiger partial charge on any atom is 0.573 e. The topological polar surface area (TPSA) is 73.2 Å². The largest absolute Gasteiger partial charge is 0.573 e. The fourth-order valence-electron chi connectivity index (χ4n) is 3.63. The van der Waals surface area contributed by atoms with Gasteiger partial charge in [-0.15, -0.1) is 13.2 Å². The number of fused-ring (bicyclic) bond motifs is 1. The number of aromatic nitrogens is 2. The number of nitrogens with zero attached hydrogens (tertiary/aromatic N) is 2. The highest BCUT2D eigenvalue weighted by Gasteiger charge is 2.31. The Morgan fingerprint density at radius 3 is 2.65 bits per heavy atom. The van der Waals surface area contributed by atoms with Crippen molar-refractivity contribution in [2.45, 2.75) is 13.3 Å². The van der Waals surface area contributed by atoms with E-state index >= 15 is 0 Å². The summed E-state index contributed by atoms with van der Waals surface area (Å²) < 4.78 is 42.9. The van der Waals surface area contributed by atoms with E-state index in [9.17, 15) is 22.8 Å². The van der Waals surface area contributed by atoms with Gasteiger partial charge >= 0.3 is 6.36 Å². The molecule has 0 atom stereocenters. The molecule has 0 aliphatic carbocycles. The van der Waals surface area contributed by atoms with E-state index in [4.69, 9.17) is 11.6 Å². The number of carbonyl (C=O) groups is 1. The van der Waals surface area contributed by atoms with Crippen molar-refractivity contribution >= 4 is 34.1 Å². The van der Waals surface area contributed by atoms with Crippen molar-refractivity contribution in [3.05, 3.63) is 87.4 Å². The second-order valence-electron chi connectivity index (χ2n) is 7.51. The second-order valence-corrected chi connectivity index (χ2v) is 7.88. The van der Waals surface area contributed by atoms with E-state index in [1.54, 1.807) is 50.6 Å². The van der Waals surface area contributed by atoms with Crippen LogP contribution in [0, 0.1) is 6.92 Å². The molecule has 0 unspecified atom stereocenters. The molecule has 0 saturated carbocycles. The van der Waals surface area contributed by atoms with Gasteiger partial charge < -0.3 is 14.6 Å².